The summed E-state index contributed by atoms with van der Waals surface area (Å²) in [6.07, 6.45) is 0. The van der Waals surface area contributed by atoms with Crippen molar-refractivity contribution < 1.29 is 8.78 Å². The minimum absolute atomic E-state index is 0.0473. The second-order valence-electron chi connectivity index (χ2n) is 3.77. The fraction of sp³-hybridized carbons (Fsp3) is 0. The molecular formula is C12H8Cl2F2N2S2. The van der Waals surface area contributed by atoms with Crippen LogP contribution in [-0.4, -0.2) is 0 Å². The van der Waals surface area contributed by atoms with Crippen molar-refractivity contribution in [2.45, 2.75) is 9.79 Å². The molecular weight excluding hydrogens is 345 g/mol. The Morgan fingerprint density at radius 2 is 1.10 bits per heavy atom. The first-order valence-electron chi connectivity index (χ1n) is 5.22. The van der Waals surface area contributed by atoms with Crippen LogP contribution < -0.4 is 11.5 Å². The Labute approximate surface area is 132 Å². The van der Waals surface area contributed by atoms with Crippen LogP contribution in [0.5, 0.6) is 0 Å². The van der Waals surface area contributed by atoms with Gasteiger partial charge in [0, 0.05) is 21.2 Å². The highest BCUT2D eigenvalue weighted by Crippen LogP contribution is 2.44. The smallest absolute Gasteiger partial charge is 0.143 e. The zero-order chi connectivity index (χ0) is 14.9. The standard InChI is InChI=1S/C12H8Cl2F2N2S2/c13-5-1-9(17)11(3-7(5)15)19-20-12-4-8(16)6(14)2-10(12)18/h1-4H,17-18H2. The molecule has 4 N–H and O–H groups in total. The molecule has 0 radical (unpaired) electrons. The van der Waals surface area contributed by atoms with Crippen molar-refractivity contribution in [2.24, 2.45) is 0 Å². The van der Waals surface area contributed by atoms with Gasteiger partial charge in [-0.15, -0.1) is 0 Å². The highest BCUT2D eigenvalue weighted by atomic mass is 35.5. The number of nitrogen functional groups attached to an aromatic ring is 2. The largest absolute Gasteiger partial charge is 0.398 e. The minimum atomic E-state index is -0.570. The van der Waals surface area contributed by atoms with Crippen LogP contribution in [0.25, 0.3) is 0 Å². The Morgan fingerprint density at radius 1 is 0.750 bits per heavy atom. The van der Waals surface area contributed by atoms with E-state index in [0.29, 0.717) is 21.2 Å². The van der Waals surface area contributed by atoms with E-state index in [-0.39, 0.29) is 10.0 Å². The first-order chi connectivity index (χ1) is 9.38. The van der Waals surface area contributed by atoms with Gasteiger partial charge >= 0.3 is 0 Å². The molecule has 2 nitrogen and oxygen atoms in total. The quantitative estimate of drug-likeness (QED) is 0.586. The Kier molecular flexibility index (Phi) is 4.90. The lowest BCUT2D eigenvalue weighted by Crippen LogP contribution is -1.91. The molecule has 0 amide bonds. The second kappa shape index (κ2) is 6.30. The number of anilines is 2. The third kappa shape index (κ3) is 3.44. The summed E-state index contributed by atoms with van der Waals surface area (Å²) < 4.78 is 26.7. The predicted molar refractivity (Wildman–Crippen MR) is 83.4 cm³/mol. The summed E-state index contributed by atoms with van der Waals surface area (Å²) in [5.41, 5.74) is 12.1. The zero-order valence-corrected chi connectivity index (χ0v) is 12.9. The Balaban J connectivity index is 2.21. The zero-order valence-electron chi connectivity index (χ0n) is 9.79. The molecule has 0 saturated heterocycles. The fourth-order valence-corrected chi connectivity index (χ4v) is 3.86. The van der Waals surface area contributed by atoms with E-state index in [1.807, 2.05) is 0 Å². The first kappa shape index (κ1) is 15.6. The average Bonchev–Trinajstić information content (AvgIpc) is 2.37. The Morgan fingerprint density at radius 3 is 1.45 bits per heavy atom. The summed E-state index contributed by atoms with van der Waals surface area (Å²) in [4.78, 5) is 0.957. The number of benzene rings is 2. The molecule has 0 spiro atoms. The molecule has 0 aliphatic rings. The summed E-state index contributed by atoms with van der Waals surface area (Å²) >= 11 is 11.2. The topological polar surface area (TPSA) is 52.0 Å². The predicted octanol–water partition coefficient (Wildman–Crippen LogP) is 5.24. The van der Waals surface area contributed by atoms with E-state index in [2.05, 4.69) is 0 Å². The van der Waals surface area contributed by atoms with Crippen LogP contribution in [0.3, 0.4) is 0 Å². The van der Waals surface area contributed by atoms with Gasteiger partial charge in [0.05, 0.1) is 10.0 Å². The van der Waals surface area contributed by atoms with Crippen molar-refractivity contribution in [3.05, 3.63) is 45.9 Å². The maximum absolute atomic E-state index is 13.4. The molecule has 0 aliphatic carbocycles. The van der Waals surface area contributed by atoms with Gasteiger partial charge in [0.25, 0.3) is 0 Å². The monoisotopic (exact) mass is 352 g/mol. The van der Waals surface area contributed by atoms with Gasteiger partial charge < -0.3 is 11.5 Å². The Bertz CT molecular complexity index is 611. The van der Waals surface area contributed by atoms with E-state index in [9.17, 15) is 8.78 Å². The maximum Gasteiger partial charge on any atom is 0.143 e. The van der Waals surface area contributed by atoms with Gasteiger partial charge in [-0.25, -0.2) is 8.78 Å². The maximum atomic E-state index is 13.4. The molecule has 0 fully saturated rings. The van der Waals surface area contributed by atoms with Crippen LogP contribution in [-0.2, 0) is 0 Å². The van der Waals surface area contributed by atoms with Crippen molar-refractivity contribution in [3.8, 4) is 0 Å². The van der Waals surface area contributed by atoms with Crippen LogP contribution in [0, 0.1) is 11.6 Å². The highest BCUT2D eigenvalue weighted by Gasteiger charge is 2.11. The molecule has 2 rings (SSSR count). The SMILES string of the molecule is Nc1cc(Cl)c(F)cc1SSc1cc(F)c(Cl)cc1N. The van der Waals surface area contributed by atoms with Crippen LogP contribution >= 0.6 is 44.8 Å². The van der Waals surface area contributed by atoms with Gasteiger partial charge in [-0.1, -0.05) is 44.8 Å². The molecule has 20 heavy (non-hydrogen) atoms. The number of hydrogen-bond donors (Lipinski definition) is 2. The van der Waals surface area contributed by atoms with Gasteiger partial charge in [0.15, 0.2) is 0 Å². The van der Waals surface area contributed by atoms with Crippen LogP contribution in [0.4, 0.5) is 20.2 Å². The van der Waals surface area contributed by atoms with Crippen molar-refractivity contribution >= 4 is 56.2 Å². The van der Waals surface area contributed by atoms with Crippen LogP contribution in [0.15, 0.2) is 34.1 Å². The number of halogens is 4. The highest BCUT2D eigenvalue weighted by molar-refractivity contribution is 8.76. The first-order valence-corrected chi connectivity index (χ1v) is 8.12. The normalized spacial score (nSPS) is 10.8. The average molecular weight is 353 g/mol. The molecule has 2 aromatic carbocycles. The summed E-state index contributed by atoms with van der Waals surface area (Å²) in [6, 6.07) is 5.09. The van der Waals surface area contributed by atoms with E-state index in [4.69, 9.17) is 34.7 Å². The van der Waals surface area contributed by atoms with Crippen LogP contribution in [0.1, 0.15) is 0 Å². The molecule has 0 unspecified atom stereocenters. The number of nitrogens with two attached hydrogens (primary N) is 2. The van der Waals surface area contributed by atoms with Gasteiger partial charge in [-0.05, 0) is 24.3 Å². The second-order valence-corrected chi connectivity index (χ2v) is 6.80. The van der Waals surface area contributed by atoms with E-state index in [0.717, 1.165) is 21.6 Å². The van der Waals surface area contributed by atoms with E-state index in [1.165, 1.54) is 24.3 Å². The number of hydrogen-bond acceptors (Lipinski definition) is 4. The lowest BCUT2D eigenvalue weighted by molar-refractivity contribution is 0.624. The van der Waals surface area contributed by atoms with Gasteiger partial charge in [0.1, 0.15) is 11.6 Å². The van der Waals surface area contributed by atoms with E-state index in [1.54, 1.807) is 0 Å². The Hall–Kier alpha value is -0.820. The molecule has 0 aliphatic heterocycles. The molecule has 0 saturated carbocycles. The van der Waals surface area contributed by atoms with E-state index >= 15 is 0 Å². The van der Waals surface area contributed by atoms with Gasteiger partial charge in [0.2, 0.25) is 0 Å². The molecule has 0 heterocycles. The van der Waals surface area contributed by atoms with E-state index < -0.39 is 11.6 Å². The molecule has 0 bridgehead atoms. The lowest BCUT2D eigenvalue weighted by atomic mass is 10.3. The fourth-order valence-electron chi connectivity index (χ4n) is 1.32. The van der Waals surface area contributed by atoms with Gasteiger partial charge in [-0.3, -0.25) is 0 Å². The molecule has 8 heteroatoms. The third-order valence-corrected chi connectivity index (χ3v) is 5.38. The van der Waals surface area contributed by atoms with Crippen molar-refractivity contribution in [2.75, 3.05) is 11.5 Å². The van der Waals surface area contributed by atoms with Gasteiger partial charge in [-0.2, -0.15) is 0 Å². The lowest BCUT2D eigenvalue weighted by Gasteiger charge is -2.08. The molecule has 0 atom stereocenters. The van der Waals surface area contributed by atoms with Crippen molar-refractivity contribution in [1.29, 1.82) is 0 Å². The molecule has 2 aromatic rings. The number of rotatable bonds is 3. The van der Waals surface area contributed by atoms with Crippen molar-refractivity contribution in [3.63, 3.8) is 0 Å². The summed E-state index contributed by atoms with van der Waals surface area (Å²) in [6.45, 7) is 0. The minimum Gasteiger partial charge on any atom is -0.398 e. The van der Waals surface area contributed by atoms with Crippen molar-refractivity contribution in [1.82, 2.24) is 0 Å². The molecule has 106 valence electrons. The summed E-state index contributed by atoms with van der Waals surface area (Å²) in [5, 5.41) is -0.0946. The summed E-state index contributed by atoms with van der Waals surface area (Å²) in [7, 11) is 2.31. The van der Waals surface area contributed by atoms with Crippen LogP contribution in [0.2, 0.25) is 10.0 Å². The molecule has 0 aromatic heterocycles. The summed E-state index contributed by atoms with van der Waals surface area (Å²) in [5.74, 6) is -1.14. The third-order valence-electron chi connectivity index (χ3n) is 2.33.